The van der Waals surface area contributed by atoms with E-state index in [0.717, 1.165) is 139 Å². The van der Waals surface area contributed by atoms with Crippen molar-refractivity contribution in [1.29, 1.82) is 0 Å². The molecule has 24 aromatic carbocycles. The molecule has 0 amide bonds. The average molecular weight is 1700 g/mol. The molecule has 0 unspecified atom stereocenters. The van der Waals surface area contributed by atoms with Gasteiger partial charge in [0.05, 0.1) is 17.1 Å². The lowest BCUT2D eigenvalue weighted by Crippen LogP contribution is -2.11. The number of para-hydroxylation sites is 5. The molecule has 0 atom stereocenters. The summed E-state index contributed by atoms with van der Waals surface area (Å²) in [7, 11) is 0. The molecule has 0 bridgehead atoms. The first-order valence-corrected chi connectivity index (χ1v) is 45.3. The van der Waals surface area contributed by atoms with Gasteiger partial charge in [-0.1, -0.05) is 340 Å². The van der Waals surface area contributed by atoms with Gasteiger partial charge in [-0.2, -0.15) is 0 Å². The number of anilines is 9. The Kier molecular flexibility index (Phi) is 18.2. The van der Waals surface area contributed by atoms with Gasteiger partial charge < -0.3 is 32.4 Å². The van der Waals surface area contributed by atoms with Crippen LogP contribution in [0, 0.1) is 0 Å². The highest BCUT2D eigenvalue weighted by Crippen LogP contribution is 2.50. The lowest BCUT2D eigenvalue weighted by Gasteiger charge is -2.28. The second-order valence-electron chi connectivity index (χ2n) is 34.4. The van der Waals surface area contributed by atoms with Crippen molar-refractivity contribution in [3.05, 3.63) is 479 Å². The van der Waals surface area contributed by atoms with Gasteiger partial charge in [-0.05, 0) is 242 Å². The van der Waals surface area contributed by atoms with Crippen molar-refractivity contribution in [3.63, 3.8) is 0 Å². The van der Waals surface area contributed by atoms with E-state index in [1.54, 1.807) is 0 Å². The largest absolute Gasteiger partial charge is 0.456 e. The van der Waals surface area contributed by atoms with E-state index in [4.69, 9.17) is 17.7 Å². The molecule has 0 radical (unpaired) electrons. The van der Waals surface area contributed by atoms with Gasteiger partial charge in [0, 0.05) is 93.6 Å². The summed E-state index contributed by atoms with van der Waals surface area (Å²) < 4.78 is 24.8. The molecular formula is C126H79N3O4. The number of furan rings is 4. The predicted octanol–water partition coefficient (Wildman–Crippen LogP) is 36.8. The van der Waals surface area contributed by atoms with Crippen molar-refractivity contribution in [1.82, 2.24) is 0 Å². The Labute approximate surface area is 764 Å². The summed E-state index contributed by atoms with van der Waals surface area (Å²) in [4.78, 5) is 7.14. The van der Waals surface area contributed by atoms with Crippen LogP contribution in [-0.4, -0.2) is 0 Å². The maximum absolute atomic E-state index is 6.22. The van der Waals surface area contributed by atoms with Crippen molar-refractivity contribution < 1.29 is 17.7 Å². The third-order valence-electron chi connectivity index (χ3n) is 26.9. The summed E-state index contributed by atoms with van der Waals surface area (Å²) in [6.45, 7) is 0. The number of nitrogens with zero attached hydrogens (tertiary/aromatic N) is 3. The number of hydrogen-bond donors (Lipinski definition) is 0. The molecule has 133 heavy (non-hydrogen) atoms. The molecule has 7 heteroatoms. The summed E-state index contributed by atoms with van der Waals surface area (Å²) >= 11 is 0. The molecule has 28 rings (SSSR count). The normalized spacial score (nSPS) is 11.8. The Balaban J connectivity index is 0.000000104. The minimum Gasteiger partial charge on any atom is -0.456 e. The van der Waals surface area contributed by atoms with Gasteiger partial charge in [-0.3, -0.25) is 0 Å². The highest BCUT2D eigenvalue weighted by Gasteiger charge is 2.26. The van der Waals surface area contributed by atoms with E-state index in [1.807, 2.05) is 48.5 Å². The molecule has 4 heterocycles. The van der Waals surface area contributed by atoms with Gasteiger partial charge in [-0.25, -0.2) is 0 Å². The summed E-state index contributed by atoms with van der Waals surface area (Å²) in [6, 6.07) is 171. The van der Waals surface area contributed by atoms with Crippen LogP contribution in [0.4, 0.5) is 51.2 Å². The molecular weight excluding hydrogens is 1620 g/mol. The molecule has 0 aliphatic heterocycles. The highest BCUT2D eigenvalue weighted by atomic mass is 16.3. The third kappa shape index (κ3) is 13.1. The Morgan fingerprint density at radius 3 is 0.774 bits per heavy atom. The van der Waals surface area contributed by atoms with Crippen LogP contribution in [0.3, 0.4) is 0 Å². The smallest absolute Gasteiger partial charge is 0.135 e. The van der Waals surface area contributed by atoms with Crippen LogP contribution in [0.2, 0.25) is 0 Å². The molecule has 0 aliphatic rings. The van der Waals surface area contributed by atoms with Crippen molar-refractivity contribution in [2.24, 2.45) is 0 Å². The monoisotopic (exact) mass is 1700 g/mol. The van der Waals surface area contributed by atoms with Crippen LogP contribution in [0.5, 0.6) is 0 Å². The zero-order valence-electron chi connectivity index (χ0n) is 72.1. The number of rotatable bonds is 11. The fraction of sp³-hybridized carbons (Fsp3) is 0. The van der Waals surface area contributed by atoms with Crippen LogP contribution in [0.15, 0.2) is 497 Å². The standard InChI is InChI=1S/C42H25NO2.2C42H27NO/c1-2-9-29-26(8-1)16-19-32-30-12-7-13-38(33(30)21-20-31(29)32)43(27-17-22-41-36(24-27)34-10-3-5-14-39(34)44-41)28-18-23-42-37(25-28)35-11-4-6-15-40(35)45-42;1-2-10-28(11-3-1)34-14-6-8-16-40(34)43(32-22-25-42-39(27-32)37-15-7-9-17-41(37)44-42)31-21-18-30-20-23-35-33-13-5-4-12-29(33)19-24-36(35)38(30)26-31;1-2-9-28(10-3-1)29-17-20-31(21-18-29)43(32-22-26-42-39(27-32)38-13-6-7-16-41(38)44-42)40-15-8-14-34-36-23-19-30-11-4-5-12-33(30)35(36)24-25-37(34)40/h1-25H;2*1-27H. The maximum atomic E-state index is 6.22. The van der Waals surface area contributed by atoms with E-state index >= 15 is 0 Å². The minimum absolute atomic E-state index is 0.881. The quantitative estimate of drug-likeness (QED) is 0.120. The maximum Gasteiger partial charge on any atom is 0.135 e. The molecule has 0 spiro atoms. The average Bonchev–Trinajstić information content (AvgIpc) is 1.23. The first-order valence-electron chi connectivity index (χ1n) is 45.3. The highest BCUT2D eigenvalue weighted by molar-refractivity contribution is 6.24. The van der Waals surface area contributed by atoms with Gasteiger partial charge in [0.2, 0.25) is 0 Å². The van der Waals surface area contributed by atoms with E-state index in [9.17, 15) is 0 Å². The fourth-order valence-electron chi connectivity index (χ4n) is 20.7. The van der Waals surface area contributed by atoms with Gasteiger partial charge in [-0.15, -0.1) is 0 Å². The lowest BCUT2D eigenvalue weighted by atomic mass is 9.96. The van der Waals surface area contributed by atoms with Crippen LogP contribution in [-0.2, 0) is 0 Å². The summed E-state index contributed by atoms with van der Waals surface area (Å²) in [5.41, 5.74) is 21.8. The molecule has 7 nitrogen and oxygen atoms in total. The number of hydrogen-bond acceptors (Lipinski definition) is 7. The van der Waals surface area contributed by atoms with Gasteiger partial charge >= 0.3 is 0 Å². The van der Waals surface area contributed by atoms with Crippen LogP contribution in [0.1, 0.15) is 0 Å². The first kappa shape index (κ1) is 76.5. The van der Waals surface area contributed by atoms with Crippen molar-refractivity contribution in [3.8, 4) is 22.3 Å². The van der Waals surface area contributed by atoms with Crippen LogP contribution in [0.25, 0.3) is 207 Å². The first-order chi connectivity index (χ1) is 65.9. The Morgan fingerprint density at radius 1 is 0.120 bits per heavy atom. The minimum atomic E-state index is 0.881. The van der Waals surface area contributed by atoms with Gasteiger partial charge in [0.25, 0.3) is 0 Å². The zero-order valence-corrected chi connectivity index (χ0v) is 72.1. The van der Waals surface area contributed by atoms with Gasteiger partial charge in [0.15, 0.2) is 0 Å². The second kappa shape index (κ2) is 31.6. The predicted molar refractivity (Wildman–Crippen MR) is 561 cm³/mol. The number of benzene rings is 24. The third-order valence-corrected chi connectivity index (χ3v) is 26.9. The zero-order chi connectivity index (χ0) is 87.6. The Morgan fingerprint density at radius 2 is 0.361 bits per heavy atom. The molecule has 28 aromatic rings. The molecule has 0 saturated carbocycles. The van der Waals surface area contributed by atoms with Crippen molar-refractivity contribution >= 4 is 236 Å². The lowest BCUT2D eigenvalue weighted by molar-refractivity contribution is 0.668. The van der Waals surface area contributed by atoms with Crippen LogP contribution >= 0.6 is 0 Å². The molecule has 622 valence electrons. The fourth-order valence-corrected chi connectivity index (χ4v) is 20.7. The van der Waals surface area contributed by atoms with E-state index in [-0.39, 0.29) is 0 Å². The Hall–Kier alpha value is -17.8. The van der Waals surface area contributed by atoms with E-state index < -0.39 is 0 Å². The van der Waals surface area contributed by atoms with E-state index in [2.05, 4.69) is 445 Å². The molecule has 0 saturated heterocycles. The molecule has 0 aliphatic carbocycles. The second-order valence-corrected chi connectivity index (χ2v) is 34.4. The van der Waals surface area contributed by atoms with Crippen molar-refractivity contribution in [2.75, 3.05) is 14.7 Å². The van der Waals surface area contributed by atoms with E-state index in [1.165, 1.54) is 119 Å². The summed E-state index contributed by atoms with van der Waals surface area (Å²) in [6.07, 6.45) is 0. The molecule has 0 N–H and O–H groups in total. The van der Waals surface area contributed by atoms with Gasteiger partial charge in [0.1, 0.15) is 44.7 Å². The SMILES string of the molecule is c1ccc(-c2ccc(N(c3ccc4oc5ccccc5c4c3)c3cccc4c3ccc3c5ccccc5ccc43)cc2)cc1.c1ccc(-c2ccccc2N(c2ccc3ccc4c5ccccc5ccc4c3c2)c2ccc3oc4ccccc4c3c2)cc1.c1ccc2c(c1)ccc1c3cccc(N(c4ccc5oc6ccccc6c5c4)c4ccc5oc6ccccc6c5c4)c3ccc21. The van der Waals surface area contributed by atoms with Crippen LogP contribution < -0.4 is 14.7 Å². The molecule has 4 aromatic heterocycles. The molecule has 0 fully saturated rings. The summed E-state index contributed by atoms with van der Waals surface area (Å²) in [5, 5.41) is 31.4. The van der Waals surface area contributed by atoms with E-state index in [0.29, 0.717) is 0 Å². The summed E-state index contributed by atoms with van der Waals surface area (Å²) in [5.74, 6) is 0. The number of fused-ring (bicyclic) bond motifs is 27. The Bertz CT molecular complexity index is 9410. The van der Waals surface area contributed by atoms with Crippen molar-refractivity contribution in [2.45, 2.75) is 0 Å². The topological polar surface area (TPSA) is 62.3 Å².